The van der Waals surface area contributed by atoms with Gasteiger partial charge in [-0.3, -0.25) is 0 Å². The van der Waals surface area contributed by atoms with Crippen molar-refractivity contribution in [3.05, 3.63) is 30.1 Å². The van der Waals surface area contributed by atoms with Crippen LogP contribution in [0, 0.1) is 0 Å². The van der Waals surface area contributed by atoms with E-state index in [1.165, 1.54) is 12.1 Å². The third-order valence-corrected chi connectivity index (χ3v) is 3.79. The molecule has 0 spiro atoms. The Morgan fingerprint density at radius 3 is 2.19 bits per heavy atom. The molecule has 0 saturated carbocycles. The first-order valence-electron chi connectivity index (χ1n) is 6.37. The average molecular weight is 315 g/mol. The molecule has 7 heteroatoms. The molecule has 3 nitrogen and oxygen atoms in total. The van der Waals surface area contributed by atoms with Crippen molar-refractivity contribution in [1.82, 2.24) is 9.55 Å². The number of thioether (sulfide) groups is 1. The zero-order valence-electron chi connectivity index (χ0n) is 11.9. The van der Waals surface area contributed by atoms with Gasteiger partial charge in [-0.1, -0.05) is 26.0 Å². The van der Waals surface area contributed by atoms with E-state index < -0.39 is 5.51 Å². The summed E-state index contributed by atoms with van der Waals surface area (Å²) < 4.78 is 38.7. The monoisotopic (exact) mass is 315 g/mol. The highest BCUT2D eigenvalue weighted by atomic mass is 32.2. The second-order valence-electron chi connectivity index (χ2n) is 4.99. The van der Waals surface area contributed by atoms with Gasteiger partial charge >= 0.3 is 5.51 Å². The normalized spacial score (nSPS) is 12.1. The second kappa shape index (κ2) is 5.63. The van der Waals surface area contributed by atoms with Gasteiger partial charge in [-0.2, -0.15) is 13.2 Å². The Kier molecular flexibility index (Phi) is 4.22. The number of benzene rings is 1. The summed E-state index contributed by atoms with van der Waals surface area (Å²) in [6.07, 6.45) is 0. The number of nitrogens with zero attached hydrogens (tertiary/aromatic N) is 2. The number of nitrogens with two attached hydrogens (primary N) is 1. The summed E-state index contributed by atoms with van der Waals surface area (Å²) in [5, 5.41) is 0. The largest absolute Gasteiger partial charge is 0.446 e. The van der Waals surface area contributed by atoms with E-state index >= 15 is 0 Å². The van der Waals surface area contributed by atoms with Crippen molar-refractivity contribution in [2.75, 3.05) is 5.73 Å². The summed E-state index contributed by atoms with van der Waals surface area (Å²) in [6, 6.07) is 6.07. The second-order valence-corrected chi connectivity index (χ2v) is 6.13. The van der Waals surface area contributed by atoms with Gasteiger partial charge in [0.2, 0.25) is 0 Å². The number of hydrogen-bond donors (Lipinski definition) is 1. The van der Waals surface area contributed by atoms with E-state index in [2.05, 4.69) is 4.98 Å². The molecule has 1 aromatic carbocycles. The van der Waals surface area contributed by atoms with Gasteiger partial charge in [0.05, 0.1) is 0 Å². The molecular formula is C14H16F3N3S. The number of rotatable bonds is 3. The van der Waals surface area contributed by atoms with E-state index in [4.69, 9.17) is 5.73 Å². The first-order valence-corrected chi connectivity index (χ1v) is 7.19. The molecule has 21 heavy (non-hydrogen) atoms. The summed E-state index contributed by atoms with van der Waals surface area (Å²) in [6.45, 7) is 4.02. The quantitative estimate of drug-likeness (QED) is 0.854. The third-order valence-electron chi connectivity index (χ3n) is 3.05. The van der Waals surface area contributed by atoms with Crippen LogP contribution in [0.4, 0.5) is 19.0 Å². The minimum Gasteiger partial charge on any atom is -0.383 e. The highest BCUT2D eigenvalue weighted by molar-refractivity contribution is 8.00. The highest BCUT2D eigenvalue weighted by Crippen LogP contribution is 2.38. The zero-order chi connectivity index (χ0) is 15.8. The lowest BCUT2D eigenvalue weighted by molar-refractivity contribution is -0.0328. The van der Waals surface area contributed by atoms with Gasteiger partial charge in [-0.15, -0.1) is 0 Å². The lowest BCUT2D eigenvalue weighted by Crippen LogP contribution is -2.02. The summed E-state index contributed by atoms with van der Waals surface area (Å²) in [4.78, 5) is 4.64. The van der Waals surface area contributed by atoms with E-state index in [0.29, 0.717) is 17.1 Å². The summed E-state index contributed by atoms with van der Waals surface area (Å²) in [5.41, 5.74) is 3.06. The van der Waals surface area contributed by atoms with Crippen LogP contribution in [0.2, 0.25) is 0 Å². The average Bonchev–Trinajstić information content (AvgIpc) is 2.66. The molecule has 0 atom stereocenters. The van der Waals surface area contributed by atoms with Crippen molar-refractivity contribution in [2.45, 2.75) is 30.2 Å². The molecule has 0 aliphatic rings. The SMILES string of the molecule is CC(C)c1nc(-c2ccc(SC(F)(F)F)cc2)c(N)n1C. The fourth-order valence-corrected chi connectivity index (χ4v) is 2.61. The van der Waals surface area contributed by atoms with Crippen molar-refractivity contribution in [1.29, 1.82) is 0 Å². The van der Waals surface area contributed by atoms with Crippen LogP contribution in [0.3, 0.4) is 0 Å². The van der Waals surface area contributed by atoms with Crippen LogP contribution in [-0.2, 0) is 7.05 Å². The van der Waals surface area contributed by atoms with Crippen LogP contribution in [-0.4, -0.2) is 15.1 Å². The Morgan fingerprint density at radius 2 is 1.76 bits per heavy atom. The van der Waals surface area contributed by atoms with Crippen LogP contribution >= 0.6 is 11.8 Å². The molecule has 0 bridgehead atoms. The molecule has 2 aromatic rings. The number of alkyl halides is 3. The maximum absolute atomic E-state index is 12.3. The van der Waals surface area contributed by atoms with Crippen LogP contribution in [0.1, 0.15) is 25.6 Å². The summed E-state index contributed by atoms with van der Waals surface area (Å²) in [5.74, 6) is 1.57. The standard InChI is InChI=1S/C14H16F3N3S/c1-8(2)13-19-11(12(18)20(13)3)9-4-6-10(7-5-9)21-14(15,16)17/h4-8H,18H2,1-3H3. The molecule has 1 aromatic heterocycles. The summed E-state index contributed by atoms with van der Waals surface area (Å²) in [7, 11) is 1.83. The molecule has 0 amide bonds. The van der Waals surface area contributed by atoms with E-state index in [9.17, 15) is 13.2 Å². The van der Waals surface area contributed by atoms with Crippen LogP contribution in [0.5, 0.6) is 0 Å². The van der Waals surface area contributed by atoms with Crippen molar-refractivity contribution >= 4 is 17.6 Å². The molecule has 0 unspecified atom stereocenters. The highest BCUT2D eigenvalue weighted by Gasteiger charge is 2.29. The number of imidazole rings is 1. The third kappa shape index (κ3) is 3.53. The molecule has 2 N–H and O–H groups in total. The van der Waals surface area contributed by atoms with E-state index in [1.807, 2.05) is 20.9 Å². The number of aromatic nitrogens is 2. The zero-order valence-corrected chi connectivity index (χ0v) is 12.7. The molecule has 0 aliphatic carbocycles. The molecule has 0 aliphatic heterocycles. The molecule has 1 heterocycles. The van der Waals surface area contributed by atoms with E-state index in [0.717, 1.165) is 5.82 Å². The number of halogens is 3. The first-order chi connectivity index (χ1) is 9.69. The predicted octanol–water partition coefficient (Wildman–Crippen LogP) is 4.40. The smallest absolute Gasteiger partial charge is 0.383 e. The number of anilines is 1. The van der Waals surface area contributed by atoms with Crippen LogP contribution in [0.15, 0.2) is 29.2 Å². The van der Waals surface area contributed by atoms with Crippen molar-refractivity contribution < 1.29 is 13.2 Å². The Labute approximate surface area is 125 Å². The number of hydrogen-bond acceptors (Lipinski definition) is 3. The maximum Gasteiger partial charge on any atom is 0.446 e. The fraction of sp³-hybridized carbons (Fsp3) is 0.357. The minimum absolute atomic E-state index is 0.135. The van der Waals surface area contributed by atoms with Crippen molar-refractivity contribution in [3.63, 3.8) is 0 Å². The molecule has 114 valence electrons. The Hall–Kier alpha value is -1.63. The molecule has 2 rings (SSSR count). The van der Waals surface area contributed by atoms with Crippen molar-refractivity contribution in [3.8, 4) is 11.3 Å². The fourth-order valence-electron chi connectivity index (χ4n) is 2.07. The van der Waals surface area contributed by atoms with Gasteiger partial charge < -0.3 is 10.3 Å². The minimum atomic E-state index is -4.28. The van der Waals surface area contributed by atoms with Gasteiger partial charge in [0.1, 0.15) is 17.3 Å². The van der Waals surface area contributed by atoms with E-state index in [1.54, 1.807) is 16.7 Å². The van der Waals surface area contributed by atoms with Crippen LogP contribution in [0.25, 0.3) is 11.3 Å². The molecule has 0 radical (unpaired) electrons. The Balaban J connectivity index is 2.33. The van der Waals surface area contributed by atoms with Gasteiger partial charge in [0, 0.05) is 23.4 Å². The Morgan fingerprint density at radius 1 is 1.19 bits per heavy atom. The first kappa shape index (κ1) is 15.8. The van der Waals surface area contributed by atoms with Gasteiger partial charge in [-0.25, -0.2) is 4.98 Å². The lowest BCUT2D eigenvalue weighted by atomic mass is 10.1. The predicted molar refractivity (Wildman–Crippen MR) is 79.1 cm³/mol. The number of nitrogen functional groups attached to an aromatic ring is 1. The molecular weight excluding hydrogens is 299 g/mol. The topological polar surface area (TPSA) is 43.8 Å². The van der Waals surface area contributed by atoms with Gasteiger partial charge in [0.25, 0.3) is 0 Å². The van der Waals surface area contributed by atoms with Crippen molar-refractivity contribution in [2.24, 2.45) is 7.05 Å². The van der Waals surface area contributed by atoms with Gasteiger partial charge in [0.15, 0.2) is 0 Å². The Bertz CT molecular complexity index is 630. The van der Waals surface area contributed by atoms with Gasteiger partial charge in [-0.05, 0) is 23.9 Å². The maximum atomic E-state index is 12.3. The van der Waals surface area contributed by atoms with E-state index in [-0.39, 0.29) is 22.6 Å². The molecule has 0 saturated heterocycles. The lowest BCUT2D eigenvalue weighted by Gasteiger charge is -2.06. The summed E-state index contributed by atoms with van der Waals surface area (Å²) >= 11 is -0.135. The van der Waals surface area contributed by atoms with Crippen LogP contribution < -0.4 is 5.73 Å². The molecule has 0 fully saturated rings.